The number of nitrogens with one attached hydrogen (secondary N) is 1. The van der Waals surface area contributed by atoms with Crippen LogP contribution in [0.3, 0.4) is 0 Å². The maximum absolute atomic E-state index is 12.8. The lowest BCUT2D eigenvalue weighted by Gasteiger charge is -2.34. The predicted octanol–water partition coefficient (Wildman–Crippen LogP) is 1.48. The Morgan fingerprint density at radius 3 is 2.86 bits per heavy atom. The smallest absolute Gasteiger partial charge is 0.322 e. The van der Waals surface area contributed by atoms with Gasteiger partial charge < -0.3 is 20.3 Å². The number of carbonyl (C=O) groups excluding carboxylic acids is 1. The van der Waals surface area contributed by atoms with Crippen molar-refractivity contribution in [2.24, 2.45) is 0 Å². The van der Waals surface area contributed by atoms with Crippen LogP contribution in [-0.4, -0.2) is 44.3 Å². The van der Waals surface area contributed by atoms with E-state index in [-0.39, 0.29) is 11.5 Å². The quantitative estimate of drug-likeness (QED) is 0.531. The second-order valence-corrected chi connectivity index (χ2v) is 7.59. The largest absolute Gasteiger partial charge is 0.507 e. The molecule has 0 fully saturated rings. The van der Waals surface area contributed by atoms with Gasteiger partial charge >= 0.3 is 5.97 Å². The second kappa shape index (κ2) is 6.91. The Bertz CT molecular complexity index is 1160. The summed E-state index contributed by atoms with van der Waals surface area (Å²) in [5.74, 6) is -1.91. The van der Waals surface area contributed by atoms with Crippen molar-refractivity contribution >= 4 is 50.0 Å². The summed E-state index contributed by atoms with van der Waals surface area (Å²) < 4.78 is 7.74. The third-order valence-corrected chi connectivity index (χ3v) is 5.56. The molecule has 9 nitrogen and oxygen atoms in total. The number of aromatic nitrogens is 2. The number of thiazole rings is 1. The van der Waals surface area contributed by atoms with Gasteiger partial charge in [-0.15, -0.1) is 11.3 Å². The minimum atomic E-state index is -1.24. The third-order valence-electron chi connectivity index (χ3n) is 4.33. The molecule has 11 heteroatoms. The fourth-order valence-corrected chi connectivity index (χ4v) is 4.19. The first-order chi connectivity index (χ1) is 13.4. The molecular formula is C17H12BrN3O6S. The molecule has 28 heavy (non-hydrogen) atoms. The number of carboxylic acid groups (broad SMARTS) is 1. The monoisotopic (exact) mass is 465 g/mol. The van der Waals surface area contributed by atoms with Gasteiger partial charge in [-0.25, -0.2) is 4.98 Å². The topological polar surface area (TPSA) is 131 Å². The highest BCUT2D eigenvalue weighted by molar-refractivity contribution is 9.10. The van der Waals surface area contributed by atoms with E-state index in [2.05, 4.69) is 26.2 Å². The number of benzene rings is 1. The summed E-state index contributed by atoms with van der Waals surface area (Å²) in [7, 11) is 0. The van der Waals surface area contributed by atoms with Gasteiger partial charge in [-0.05, 0) is 28.1 Å². The van der Waals surface area contributed by atoms with E-state index < -0.39 is 36.1 Å². The number of halogens is 1. The van der Waals surface area contributed by atoms with Crippen LogP contribution in [0, 0.1) is 0 Å². The third kappa shape index (κ3) is 2.92. The number of pyridine rings is 1. The van der Waals surface area contributed by atoms with Crippen LogP contribution in [0.25, 0.3) is 10.9 Å². The van der Waals surface area contributed by atoms with Gasteiger partial charge in [0.05, 0.1) is 21.2 Å². The summed E-state index contributed by atoms with van der Waals surface area (Å²) in [5, 5.41) is 23.4. The van der Waals surface area contributed by atoms with Gasteiger partial charge in [-0.2, -0.15) is 0 Å². The predicted molar refractivity (Wildman–Crippen MR) is 103 cm³/mol. The molecule has 1 aromatic carbocycles. The maximum atomic E-state index is 12.8. The van der Waals surface area contributed by atoms with Crippen LogP contribution >= 0.6 is 27.3 Å². The number of aromatic hydroxyl groups is 1. The first-order valence-corrected chi connectivity index (χ1v) is 9.73. The molecule has 0 saturated heterocycles. The summed E-state index contributed by atoms with van der Waals surface area (Å²) in [6.07, 6.45) is -1.24. The second-order valence-electron chi connectivity index (χ2n) is 6.02. The highest BCUT2D eigenvalue weighted by Crippen LogP contribution is 2.43. The molecule has 144 valence electrons. The minimum Gasteiger partial charge on any atom is -0.507 e. The van der Waals surface area contributed by atoms with Crippen LogP contribution in [0.5, 0.6) is 11.5 Å². The summed E-state index contributed by atoms with van der Waals surface area (Å²) in [5.41, 5.74) is 1.75. The van der Waals surface area contributed by atoms with Gasteiger partial charge in [-0.3, -0.25) is 19.0 Å². The first-order valence-electron chi connectivity index (χ1n) is 7.99. The molecule has 4 rings (SSSR count). The van der Waals surface area contributed by atoms with Crippen LogP contribution in [0.4, 0.5) is 0 Å². The van der Waals surface area contributed by atoms with E-state index in [4.69, 9.17) is 9.84 Å². The zero-order valence-electron chi connectivity index (χ0n) is 14.0. The summed E-state index contributed by atoms with van der Waals surface area (Å²) >= 11 is 4.62. The van der Waals surface area contributed by atoms with Gasteiger partial charge in [0.2, 0.25) is 6.10 Å². The number of amides is 1. The first kappa shape index (κ1) is 18.4. The molecule has 2 aromatic heterocycles. The summed E-state index contributed by atoms with van der Waals surface area (Å²) in [6.45, 7) is -0.592. The Hall–Kier alpha value is -2.92. The summed E-state index contributed by atoms with van der Waals surface area (Å²) in [6, 6.07) is 3.39. The standard InChI is InChI=1S/C17H12BrN3O6S/c18-8-2-1-7-10(22)3-11(23)21-13(7)15(8)27-16(17(26)19-4-12(24)25)14(21)9-5-28-6-20-9/h1-3,5-6,14,16,22H,4H2,(H,19,26)(H,24,25). The van der Waals surface area contributed by atoms with Gasteiger partial charge in [0.15, 0.2) is 5.75 Å². The molecule has 3 heterocycles. The Morgan fingerprint density at radius 2 is 2.18 bits per heavy atom. The molecule has 0 radical (unpaired) electrons. The molecule has 3 N–H and O–H groups in total. The van der Waals surface area contributed by atoms with E-state index >= 15 is 0 Å². The highest BCUT2D eigenvalue weighted by Gasteiger charge is 2.41. The fourth-order valence-electron chi connectivity index (χ4n) is 3.20. The van der Waals surface area contributed by atoms with Crippen molar-refractivity contribution in [1.29, 1.82) is 0 Å². The van der Waals surface area contributed by atoms with Crippen LogP contribution in [0.15, 0.2) is 38.4 Å². The minimum absolute atomic E-state index is 0.201. The van der Waals surface area contributed by atoms with Crippen LogP contribution in [-0.2, 0) is 9.59 Å². The Morgan fingerprint density at radius 1 is 1.39 bits per heavy atom. The zero-order valence-corrected chi connectivity index (χ0v) is 16.4. The number of ether oxygens (including phenoxy) is 1. The molecule has 2 unspecified atom stereocenters. The molecule has 1 aliphatic heterocycles. The normalized spacial score (nSPS) is 17.9. The van der Waals surface area contributed by atoms with Crippen LogP contribution in [0.1, 0.15) is 11.7 Å². The highest BCUT2D eigenvalue weighted by atomic mass is 79.9. The maximum Gasteiger partial charge on any atom is 0.322 e. The van der Waals surface area contributed by atoms with E-state index in [1.165, 1.54) is 15.9 Å². The van der Waals surface area contributed by atoms with Gasteiger partial charge in [0, 0.05) is 16.8 Å². The van der Waals surface area contributed by atoms with E-state index in [0.29, 0.717) is 21.1 Å². The van der Waals surface area contributed by atoms with Crippen molar-refractivity contribution in [3.63, 3.8) is 0 Å². The average molecular weight is 466 g/mol. The zero-order chi connectivity index (χ0) is 20.0. The molecule has 2 atom stereocenters. The number of carbonyl (C=O) groups is 2. The van der Waals surface area contributed by atoms with E-state index in [0.717, 1.165) is 6.07 Å². The lowest BCUT2D eigenvalue weighted by Crippen LogP contribution is -2.49. The number of hydrogen-bond acceptors (Lipinski definition) is 7. The van der Waals surface area contributed by atoms with Crippen molar-refractivity contribution in [3.8, 4) is 11.5 Å². The Balaban J connectivity index is 1.97. The fraction of sp³-hybridized carbons (Fsp3) is 0.176. The number of rotatable bonds is 4. The van der Waals surface area contributed by atoms with Crippen molar-refractivity contribution < 1.29 is 24.5 Å². The molecular weight excluding hydrogens is 454 g/mol. The number of hydrogen-bond donors (Lipinski definition) is 3. The van der Waals surface area contributed by atoms with Crippen LogP contribution < -0.4 is 15.6 Å². The number of aliphatic carboxylic acids is 1. The summed E-state index contributed by atoms with van der Waals surface area (Å²) in [4.78, 5) is 40.6. The Kier molecular flexibility index (Phi) is 4.55. The van der Waals surface area contributed by atoms with Crippen molar-refractivity contribution in [3.05, 3.63) is 49.6 Å². The van der Waals surface area contributed by atoms with Crippen molar-refractivity contribution in [2.75, 3.05) is 6.54 Å². The molecule has 0 spiro atoms. The van der Waals surface area contributed by atoms with Crippen LogP contribution in [0.2, 0.25) is 0 Å². The van der Waals surface area contributed by atoms with Gasteiger partial charge in [0.1, 0.15) is 18.3 Å². The lowest BCUT2D eigenvalue weighted by atomic mass is 10.0. The Labute approximate surface area is 169 Å². The number of carboxylic acids is 1. The molecule has 0 aliphatic carbocycles. The van der Waals surface area contributed by atoms with Crippen molar-refractivity contribution in [2.45, 2.75) is 12.1 Å². The van der Waals surface area contributed by atoms with Gasteiger partial charge in [-0.1, -0.05) is 0 Å². The van der Waals surface area contributed by atoms with Crippen molar-refractivity contribution in [1.82, 2.24) is 14.9 Å². The molecule has 3 aromatic rings. The molecule has 0 saturated carbocycles. The molecule has 1 aliphatic rings. The molecule has 1 amide bonds. The number of nitrogens with zero attached hydrogens (tertiary/aromatic N) is 2. The van der Waals surface area contributed by atoms with E-state index in [1.54, 1.807) is 23.0 Å². The average Bonchev–Trinajstić information content (AvgIpc) is 3.18. The SMILES string of the molecule is O=C(O)CNC(=O)C1Oc2c(Br)ccc3c(O)cc(=O)n(c23)C1c1cscn1. The van der Waals surface area contributed by atoms with Gasteiger partial charge in [0.25, 0.3) is 11.5 Å². The van der Waals surface area contributed by atoms with E-state index in [1.807, 2.05) is 0 Å². The lowest BCUT2D eigenvalue weighted by molar-refractivity contribution is -0.139. The van der Waals surface area contributed by atoms with E-state index in [9.17, 15) is 19.5 Å². The molecule has 0 bridgehead atoms.